The van der Waals surface area contributed by atoms with Crippen LogP contribution in [-0.4, -0.2) is 33.2 Å². The third kappa shape index (κ3) is 4.93. The minimum atomic E-state index is -4.84. The van der Waals surface area contributed by atoms with Crippen LogP contribution in [0.2, 0.25) is 0 Å². The van der Waals surface area contributed by atoms with Gasteiger partial charge in [-0.25, -0.2) is 9.97 Å². The Morgan fingerprint density at radius 3 is 2.50 bits per heavy atom. The maximum absolute atomic E-state index is 13.0. The van der Waals surface area contributed by atoms with Gasteiger partial charge in [-0.05, 0) is 25.1 Å². The lowest BCUT2D eigenvalue weighted by molar-refractivity contribution is -0.138. The highest BCUT2D eigenvalue weighted by Gasteiger charge is 2.36. The second-order valence-electron chi connectivity index (χ2n) is 5.74. The van der Waals surface area contributed by atoms with Gasteiger partial charge in [0.2, 0.25) is 0 Å². The van der Waals surface area contributed by atoms with Crippen LogP contribution in [0.5, 0.6) is 5.75 Å². The first-order valence-electron chi connectivity index (χ1n) is 7.57. The van der Waals surface area contributed by atoms with Crippen molar-refractivity contribution in [2.45, 2.75) is 18.7 Å². The van der Waals surface area contributed by atoms with Gasteiger partial charge >= 0.3 is 6.18 Å². The van der Waals surface area contributed by atoms with Gasteiger partial charge in [0, 0.05) is 0 Å². The van der Waals surface area contributed by atoms with E-state index in [-0.39, 0.29) is 17.1 Å². The second-order valence-corrected chi connectivity index (χ2v) is 5.74. The summed E-state index contributed by atoms with van der Waals surface area (Å²) >= 11 is 0. The highest BCUT2D eigenvalue weighted by atomic mass is 19.4. The van der Waals surface area contributed by atoms with E-state index in [0.717, 1.165) is 13.1 Å². The van der Waals surface area contributed by atoms with E-state index in [1.807, 2.05) is 6.07 Å². The fraction of sp³-hybridized carbons (Fsp3) is 0.235. The number of alkyl halides is 3. The summed E-state index contributed by atoms with van der Waals surface area (Å²) < 4.78 is 44.1. The molecule has 2 N–H and O–H groups in total. The summed E-state index contributed by atoms with van der Waals surface area (Å²) in [6.45, 7) is 0.559. The Kier molecular flexibility index (Phi) is 5.81. The largest absolute Gasteiger partial charge is 0.488 e. The van der Waals surface area contributed by atoms with Gasteiger partial charge in [-0.15, -0.1) is 0 Å². The Morgan fingerprint density at radius 2 is 1.96 bits per heavy atom. The molecule has 28 heavy (non-hydrogen) atoms. The normalized spacial score (nSPS) is 13.0. The van der Waals surface area contributed by atoms with Crippen molar-refractivity contribution in [2.75, 3.05) is 11.9 Å². The smallest absolute Gasteiger partial charge is 0.419 e. The van der Waals surface area contributed by atoms with Crippen molar-refractivity contribution in [1.82, 2.24) is 9.97 Å². The summed E-state index contributed by atoms with van der Waals surface area (Å²) in [4.78, 5) is 19.3. The van der Waals surface area contributed by atoms with E-state index in [2.05, 4.69) is 15.3 Å². The zero-order valence-electron chi connectivity index (χ0n) is 14.3. The Labute approximate surface area is 156 Å². The van der Waals surface area contributed by atoms with Crippen LogP contribution in [0.15, 0.2) is 30.6 Å². The third-order valence-electron chi connectivity index (χ3n) is 3.42. The summed E-state index contributed by atoms with van der Waals surface area (Å²) in [6.07, 6.45) is -2.76. The SMILES string of the molecule is C[C@](O)(COc1ccc(C#N)nc1)C(=O)Nc1cnc(C#N)c(C(F)(F)F)c1. The van der Waals surface area contributed by atoms with Crippen LogP contribution >= 0.6 is 0 Å². The maximum Gasteiger partial charge on any atom is 0.419 e. The number of amides is 1. The van der Waals surface area contributed by atoms with Crippen LogP contribution in [0.4, 0.5) is 18.9 Å². The molecule has 0 aliphatic rings. The molecule has 0 saturated carbocycles. The van der Waals surface area contributed by atoms with Crippen molar-refractivity contribution in [3.8, 4) is 17.9 Å². The van der Waals surface area contributed by atoms with Crippen LogP contribution in [0.25, 0.3) is 0 Å². The number of nitrogens with one attached hydrogen (secondary N) is 1. The molecule has 11 heteroatoms. The molecule has 1 amide bonds. The lowest BCUT2D eigenvalue weighted by Gasteiger charge is -2.22. The predicted molar refractivity (Wildman–Crippen MR) is 87.7 cm³/mol. The average molecular weight is 391 g/mol. The highest BCUT2D eigenvalue weighted by Crippen LogP contribution is 2.32. The molecule has 0 saturated heterocycles. The van der Waals surface area contributed by atoms with Crippen molar-refractivity contribution >= 4 is 11.6 Å². The molecule has 2 aromatic rings. The molecule has 0 aliphatic carbocycles. The Morgan fingerprint density at radius 1 is 1.25 bits per heavy atom. The number of nitrogens with zero attached hydrogens (tertiary/aromatic N) is 4. The second kappa shape index (κ2) is 7.90. The Bertz CT molecular complexity index is 960. The summed E-state index contributed by atoms with van der Waals surface area (Å²) in [6, 6.07) is 6.44. The first-order valence-corrected chi connectivity index (χ1v) is 7.57. The molecule has 2 heterocycles. The number of pyridine rings is 2. The number of aliphatic hydroxyl groups is 1. The van der Waals surface area contributed by atoms with E-state index < -0.39 is 35.5 Å². The zero-order chi connectivity index (χ0) is 20.9. The molecule has 0 spiro atoms. The number of anilines is 1. The standard InChI is InChI=1S/C17H12F3N5O3/c1-16(27,9-28-12-3-2-10(5-21)23-8-12)15(26)25-11-4-13(17(18,19)20)14(6-22)24-7-11/h2-4,7-8,27H,9H2,1H3,(H,25,26)/t16-/m0/s1. The van der Waals surface area contributed by atoms with Crippen LogP contribution in [0, 0.1) is 22.7 Å². The average Bonchev–Trinajstić information content (AvgIpc) is 2.66. The van der Waals surface area contributed by atoms with Crippen molar-refractivity contribution in [3.05, 3.63) is 47.5 Å². The predicted octanol–water partition coefficient (Wildman–Crippen LogP) is 2.01. The highest BCUT2D eigenvalue weighted by molar-refractivity contribution is 5.97. The first-order chi connectivity index (χ1) is 13.1. The molecule has 0 radical (unpaired) electrons. The minimum Gasteiger partial charge on any atom is -0.488 e. The van der Waals surface area contributed by atoms with E-state index in [0.29, 0.717) is 6.07 Å². The zero-order valence-corrected chi connectivity index (χ0v) is 14.3. The topological polar surface area (TPSA) is 132 Å². The molecule has 0 bridgehead atoms. The number of halogens is 3. The van der Waals surface area contributed by atoms with Crippen molar-refractivity contribution in [1.29, 1.82) is 10.5 Å². The molecular weight excluding hydrogens is 379 g/mol. The van der Waals surface area contributed by atoms with Gasteiger partial charge in [0.15, 0.2) is 11.3 Å². The van der Waals surface area contributed by atoms with Crippen LogP contribution in [0.3, 0.4) is 0 Å². The van der Waals surface area contributed by atoms with Gasteiger partial charge in [0.05, 0.1) is 23.6 Å². The van der Waals surface area contributed by atoms with Crippen molar-refractivity contribution in [2.24, 2.45) is 0 Å². The number of aromatic nitrogens is 2. The van der Waals surface area contributed by atoms with Crippen molar-refractivity contribution < 1.29 is 27.8 Å². The van der Waals surface area contributed by atoms with Gasteiger partial charge in [-0.1, -0.05) is 0 Å². The number of nitriles is 2. The lowest BCUT2D eigenvalue weighted by atomic mass is 10.1. The molecule has 8 nitrogen and oxygen atoms in total. The van der Waals surface area contributed by atoms with E-state index in [1.54, 1.807) is 0 Å². The van der Waals surface area contributed by atoms with E-state index in [4.69, 9.17) is 15.3 Å². The van der Waals surface area contributed by atoms with Crippen LogP contribution in [0.1, 0.15) is 23.9 Å². The van der Waals surface area contributed by atoms with Gasteiger partial charge in [-0.3, -0.25) is 4.79 Å². The summed E-state index contributed by atoms with van der Waals surface area (Å²) in [7, 11) is 0. The van der Waals surface area contributed by atoms with E-state index >= 15 is 0 Å². The third-order valence-corrected chi connectivity index (χ3v) is 3.42. The molecular formula is C17H12F3N5O3. The summed E-state index contributed by atoms with van der Waals surface area (Å²) in [5, 5.41) is 29.7. The number of carbonyl (C=O) groups excluding carboxylic acids is 1. The van der Waals surface area contributed by atoms with Gasteiger partial charge < -0.3 is 15.2 Å². The number of ether oxygens (including phenoxy) is 1. The molecule has 1 atom stereocenters. The van der Waals surface area contributed by atoms with Gasteiger partial charge in [-0.2, -0.15) is 23.7 Å². The molecule has 2 aromatic heterocycles. The quantitative estimate of drug-likeness (QED) is 0.797. The van der Waals surface area contributed by atoms with Crippen LogP contribution in [-0.2, 0) is 11.0 Å². The first kappa shape index (κ1) is 20.6. The van der Waals surface area contributed by atoms with Crippen molar-refractivity contribution in [3.63, 3.8) is 0 Å². The van der Waals surface area contributed by atoms with Crippen LogP contribution < -0.4 is 10.1 Å². The number of hydrogen-bond acceptors (Lipinski definition) is 7. The number of carbonyl (C=O) groups is 1. The van der Waals surface area contributed by atoms with Gasteiger partial charge in [0.25, 0.3) is 5.91 Å². The molecule has 0 aromatic carbocycles. The molecule has 0 aliphatic heterocycles. The van der Waals surface area contributed by atoms with E-state index in [9.17, 15) is 23.1 Å². The summed E-state index contributed by atoms with van der Waals surface area (Å²) in [5.74, 6) is -0.875. The minimum absolute atomic E-state index is 0.144. The lowest BCUT2D eigenvalue weighted by Crippen LogP contribution is -2.45. The number of rotatable bonds is 5. The molecule has 0 fully saturated rings. The fourth-order valence-corrected chi connectivity index (χ4v) is 1.93. The Balaban J connectivity index is 2.10. The molecule has 144 valence electrons. The Hall–Kier alpha value is -3.70. The molecule has 0 unspecified atom stereocenters. The van der Waals surface area contributed by atoms with E-state index in [1.165, 1.54) is 24.4 Å². The molecule has 2 rings (SSSR count). The number of hydrogen-bond donors (Lipinski definition) is 2. The summed E-state index contributed by atoms with van der Waals surface area (Å²) in [5.41, 5.74) is -4.47. The monoisotopic (exact) mass is 391 g/mol. The fourth-order valence-electron chi connectivity index (χ4n) is 1.93. The van der Waals surface area contributed by atoms with Gasteiger partial charge in [0.1, 0.15) is 30.2 Å². The maximum atomic E-state index is 13.0.